The van der Waals surface area contributed by atoms with Crippen LogP contribution in [0.4, 0.5) is 4.79 Å². The molecule has 0 radical (unpaired) electrons. The molecule has 2 rings (SSSR count). The van der Waals surface area contributed by atoms with Gasteiger partial charge in [-0.1, -0.05) is 6.07 Å². The standard InChI is InChI=1S/C16H21IN2O3/c1-11-6-7-13(12(17)10-11)22-9-5-4-8-19-14(20)16(2,3)18-15(19)21/h6-7,10H,4-5,8-9H2,1-3H3,(H,18,21). The van der Waals surface area contributed by atoms with Crippen LogP contribution in [0.25, 0.3) is 0 Å². The summed E-state index contributed by atoms with van der Waals surface area (Å²) in [5, 5.41) is 2.68. The van der Waals surface area contributed by atoms with Crippen LogP contribution in [0.5, 0.6) is 5.75 Å². The highest BCUT2D eigenvalue weighted by molar-refractivity contribution is 14.1. The van der Waals surface area contributed by atoms with Gasteiger partial charge in [0, 0.05) is 6.54 Å². The Balaban J connectivity index is 1.74. The molecule has 120 valence electrons. The number of hydrogen-bond acceptors (Lipinski definition) is 3. The quantitative estimate of drug-likeness (QED) is 0.441. The number of nitrogens with zero attached hydrogens (tertiary/aromatic N) is 1. The Morgan fingerprint density at radius 3 is 2.59 bits per heavy atom. The van der Waals surface area contributed by atoms with Crippen LogP contribution in [-0.2, 0) is 4.79 Å². The fourth-order valence-electron chi connectivity index (χ4n) is 2.30. The summed E-state index contributed by atoms with van der Waals surface area (Å²) in [4.78, 5) is 25.0. The van der Waals surface area contributed by atoms with Gasteiger partial charge in [0.05, 0.1) is 10.2 Å². The highest BCUT2D eigenvalue weighted by atomic mass is 127. The predicted molar refractivity (Wildman–Crippen MR) is 92.9 cm³/mol. The number of nitrogens with one attached hydrogen (secondary N) is 1. The van der Waals surface area contributed by atoms with E-state index in [0.717, 1.165) is 22.2 Å². The molecule has 0 bridgehead atoms. The number of urea groups is 1. The van der Waals surface area contributed by atoms with Crippen molar-refractivity contribution in [3.05, 3.63) is 27.3 Å². The number of carbonyl (C=O) groups excluding carboxylic acids is 2. The van der Waals surface area contributed by atoms with Gasteiger partial charge in [-0.05, 0) is 73.9 Å². The zero-order chi connectivity index (χ0) is 16.3. The van der Waals surface area contributed by atoms with Crippen LogP contribution in [0, 0.1) is 10.5 Å². The molecule has 1 aliphatic heterocycles. The molecule has 3 amide bonds. The van der Waals surface area contributed by atoms with Gasteiger partial charge in [0.1, 0.15) is 11.3 Å². The number of rotatable bonds is 6. The highest BCUT2D eigenvalue weighted by Crippen LogP contribution is 2.22. The molecule has 0 saturated carbocycles. The minimum Gasteiger partial charge on any atom is -0.492 e. The fourth-order valence-corrected chi connectivity index (χ4v) is 3.12. The largest absolute Gasteiger partial charge is 0.492 e. The van der Waals surface area contributed by atoms with Crippen molar-refractivity contribution in [2.45, 2.75) is 39.2 Å². The second-order valence-electron chi connectivity index (χ2n) is 6.00. The Morgan fingerprint density at radius 2 is 2.00 bits per heavy atom. The SMILES string of the molecule is Cc1ccc(OCCCCN2C(=O)NC(C)(C)C2=O)c(I)c1. The number of aryl methyl sites for hydroxylation is 1. The molecule has 5 nitrogen and oxygen atoms in total. The third-order valence-corrected chi connectivity index (χ3v) is 4.41. The van der Waals surface area contributed by atoms with Crippen LogP contribution >= 0.6 is 22.6 Å². The summed E-state index contributed by atoms with van der Waals surface area (Å²) in [6, 6.07) is 5.76. The average molecular weight is 416 g/mol. The number of hydrogen-bond donors (Lipinski definition) is 1. The molecule has 1 aromatic carbocycles. The number of imide groups is 1. The van der Waals surface area contributed by atoms with Crippen molar-refractivity contribution in [1.82, 2.24) is 10.2 Å². The predicted octanol–water partition coefficient (Wildman–Crippen LogP) is 3.09. The lowest BCUT2D eigenvalue weighted by atomic mass is 10.1. The molecule has 0 aliphatic carbocycles. The summed E-state index contributed by atoms with van der Waals surface area (Å²) in [6.07, 6.45) is 1.53. The topological polar surface area (TPSA) is 58.6 Å². The van der Waals surface area contributed by atoms with Gasteiger partial charge in [-0.2, -0.15) is 0 Å². The van der Waals surface area contributed by atoms with Gasteiger partial charge in [-0.3, -0.25) is 9.69 Å². The normalized spacial score (nSPS) is 16.8. The van der Waals surface area contributed by atoms with Crippen molar-refractivity contribution in [2.24, 2.45) is 0 Å². The van der Waals surface area contributed by atoms with Gasteiger partial charge in [-0.25, -0.2) is 4.79 Å². The summed E-state index contributed by atoms with van der Waals surface area (Å²) >= 11 is 2.26. The van der Waals surface area contributed by atoms with Crippen molar-refractivity contribution >= 4 is 34.5 Å². The molecule has 1 N–H and O–H groups in total. The van der Waals surface area contributed by atoms with E-state index in [1.54, 1.807) is 13.8 Å². The maximum Gasteiger partial charge on any atom is 0.325 e. The molecule has 0 atom stereocenters. The Kier molecular flexibility index (Phi) is 5.31. The Labute approximate surface area is 144 Å². The van der Waals surface area contributed by atoms with Crippen molar-refractivity contribution in [3.63, 3.8) is 0 Å². The Hall–Kier alpha value is -1.31. The van der Waals surface area contributed by atoms with Crippen LogP contribution in [0.1, 0.15) is 32.3 Å². The molecular formula is C16H21IN2O3. The van der Waals surface area contributed by atoms with E-state index >= 15 is 0 Å². The van der Waals surface area contributed by atoms with Gasteiger partial charge in [0.2, 0.25) is 0 Å². The van der Waals surface area contributed by atoms with Gasteiger partial charge < -0.3 is 10.1 Å². The van der Waals surface area contributed by atoms with Crippen LogP contribution in [0.15, 0.2) is 18.2 Å². The molecule has 0 aromatic heterocycles. The molecule has 1 heterocycles. The molecule has 1 aliphatic rings. The van der Waals surface area contributed by atoms with E-state index in [0.29, 0.717) is 13.2 Å². The summed E-state index contributed by atoms with van der Waals surface area (Å²) in [7, 11) is 0. The zero-order valence-corrected chi connectivity index (χ0v) is 15.3. The molecule has 1 saturated heterocycles. The molecular weight excluding hydrogens is 395 g/mol. The fraction of sp³-hybridized carbons (Fsp3) is 0.500. The third-order valence-electron chi connectivity index (χ3n) is 3.57. The molecule has 1 fully saturated rings. The summed E-state index contributed by atoms with van der Waals surface area (Å²) < 4.78 is 6.83. The first-order chi connectivity index (χ1) is 10.3. The van der Waals surface area contributed by atoms with Crippen LogP contribution in [0.3, 0.4) is 0 Å². The van der Waals surface area contributed by atoms with Gasteiger partial charge in [-0.15, -0.1) is 0 Å². The van der Waals surface area contributed by atoms with E-state index in [-0.39, 0.29) is 11.9 Å². The monoisotopic (exact) mass is 416 g/mol. The van der Waals surface area contributed by atoms with E-state index in [1.807, 2.05) is 19.1 Å². The maximum atomic E-state index is 12.0. The van der Waals surface area contributed by atoms with E-state index in [2.05, 4.69) is 34.0 Å². The van der Waals surface area contributed by atoms with Crippen LogP contribution in [0.2, 0.25) is 0 Å². The Bertz CT molecular complexity index is 587. The minimum atomic E-state index is -0.786. The third kappa shape index (κ3) is 3.91. The van der Waals surface area contributed by atoms with Gasteiger partial charge in [0.25, 0.3) is 5.91 Å². The van der Waals surface area contributed by atoms with E-state index in [1.165, 1.54) is 10.5 Å². The molecule has 0 unspecified atom stereocenters. The second-order valence-corrected chi connectivity index (χ2v) is 7.16. The van der Waals surface area contributed by atoms with Crippen molar-refractivity contribution in [3.8, 4) is 5.75 Å². The lowest BCUT2D eigenvalue weighted by molar-refractivity contribution is -0.130. The molecule has 0 spiro atoms. The van der Waals surface area contributed by atoms with Crippen LogP contribution in [-0.4, -0.2) is 35.5 Å². The van der Waals surface area contributed by atoms with Crippen LogP contribution < -0.4 is 10.1 Å². The molecule has 6 heteroatoms. The second kappa shape index (κ2) is 6.85. The first-order valence-electron chi connectivity index (χ1n) is 7.34. The number of carbonyl (C=O) groups is 2. The molecule has 22 heavy (non-hydrogen) atoms. The van der Waals surface area contributed by atoms with Gasteiger partial charge >= 0.3 is 6.03 Å². The maximum absolute atomic E-state index is 12.0. The van der Waals surface area contributed by atoms with E-state index in [9.17, 15) is 9.59 Å². The number of halogens is 1. The van der Waals surface area contributed by atoms with E-state index < -0.39 is 5.54 Å². The molecule has 1 aromatic rings. The first kappa shape index (κ1) is 17.1. The lowest BCUT2D eigenvalue weighted by Gasteiger charge is -2.16. The summed E-state index contributed by atoms with van der Waals surface area (Å²) in [5.41, 5.74) is 0.420. The van der Waals surface area contributed by atoms with E-state index in [4.69, 9.17) is 4.74 Å². The first-order valence-corrected chi connectivity index (χ1v) is 8.42. The minimum absolute atomic E-state index is 0.161. The average Bonchev–Trinajstić information content (AvgIpc) is 2.62. The highest BCUT2D eigenvalue weighted by Gasteiger charge is 2.43. The lowest BCUT2D eigenvalue weighted by Crippen LogP contribution is -2.40. The van der Waals surface area contributed by atoms with Crippen molar-refractivity contribution < 1.29 is 14.3 Å². The summed E-state index contributed by atoms with van der Waals surface area (Å²) in [5.74, 6) is 0.717. The number of unbranched alkanes of at least 4 members (excludes halogenated alkanes) is 1. The van der Waals surface area contributed by atoms with Crippen molar-refractivity contribution in [1.29, 1.82) is 0 Å². The number of amides is 3. The summed E-state index contributed by atoms with van der Waals surface area (Å²) in [6.45, 7) is 6.49. The smallest absolute Gasteiger partial charge is 0.325 e. The number of benzene rings is 1. The Morgan fingerprint density at radius 1 is 1.27 bits per heavy atom. The zero-order valence-electron chi connectivity index (χ0n) is 13.1. The van der Waals surface area contributed by atoms with Gasteiger partial charge in [0.15, 0.2) is 0 Å². The van der Waals surface area contributed by atoms with Crippen molar-refractivity contribution in [2.75, 3.05) is 13.2 Å². The number of ether oxygens (including phenoxy) is 1.